The topological polar surface area (TPSA) is 17.1 Å². The van der Waals surface area contributed by atoms with Crippen molar-refractivity contribution in [1.29, 1.82) is 0 Å². The molecular weight excluding hydrogens is 328 g/mol. The average molecular weight is 355 g/mol. The molecule has 0 atom stereocenters. The standard InChI is InChI=1S/C23H27ClO/c1-3-13-23(14-4-2)20-9-6-5-8-18(20)19-12-11-17(16-21(19)23)22(25)10-7-15-24/h5-6,8-9,11-12,16H,3-4,7,10,13-15H2,1-2H3. The number of rotatable bonds is 8. The van der Waals surface area contributed by atoms with Crippen LogP contribution in [0.5, 0.6) is 0 Å². The quantitative estimate of drug-likeness (QED) is 0.378. The maximum absolute atomic E-state index is 12.5. The first-order valence-electron chi connectivity index (χ1n) is 9.51. The van der Waals surface area contributed by atoms with Gasteiger partial charge in [-0.2, -0.15) is 0 Å². The Morgan fingerprint density at radius 1 is 0.960 bits per heavy atom. The van der Waals surface area contributed by atoms with Crippen LogP contribution < -0.4 is 0 Å². The Balaban J connectivity index is 2.13. The van der Waals surface area contributed by atoms with Crippen LogP contribution in [0.4, 0.5) is 0 Å². The van der Waals surface area contributed by atoms with E-state index in [1.54, 1.807) is 0 Å². The lowest BCUT2D eigenvalue weighted by atomic mass is 9.71. The van der Waals surface area contributed by atoms with Gasteiger partial charge in [-0.05, 0) is 47.6 Å². The summed E-state index contributed by atoms with van der Waals surface area (Å²) in [5, 5.41) is 0. The lowest BCUT2D eigenvalue weighted by molar-refractivity contribution is 0.0982. The summed E-state index contributed by atoms with van der Waals surface area (Å²) >= 11 is 5.76. The van der Waals surface area contributed by atoms with Gasteiger partial charge in [-0.25, -0.2) is 0 Å². The summed E-state index contributed by atoms with van der Waals surface area (Å²) in [6, 6.07) is 15.1. The third kappa shape index (κ3) is 3.15. The number of carbonyl (C=O) groups excluding carboxylic acids is 1. The minimum absolute atomic E-state index is 0.0538. The van der Waals surface area contributed by atoms with Crippen LogP contribution in [0.15, 0.2) is 42.5 Å². The molecule has 0 radical (unpaired) electrons. The molecule has 0 unspecified atom stereocenters. The molecule has 0 aliphatic heterocycles. The normalized spacial score (nSPS) is 14.2. The molecule has 25 heavy (non-hydrogen) atoms. The van der Waals surface area contributed by atoms with Crippen molar-refractivity contribution in [2.75, 3.05) is 5.88 Å². The van der Waals surface area contributed by atoms with Gasteiger partial charge in [0, 0.05) is 23.3 Å². The number of fused-ring (bicyclic) bond motifs is 3. The summed E-state index contributed by atoms with van der Waals surface area (Å²) in [5.41, 5.74) is 6.35. The van der Waals surface area contributed by atoms with E-state index in [1.807, 2.05) is 6.07 Å². The number of carbonyl (C=O) groups is 1. The zero-order valence-electron chi connectivity index (χ0n) is 15.3. The highest BCUT2D eigenvalue weighted by Crippen LogP contribution is 2.53. The highest BCUT2D eigenvalue weighted by Gasteiger charge is 2.41. The average Bonchev–Trinajstić information content (AvgIpc) is 2.90. The number of benzene rings is 2. The number of hydrogen-bond acceptors (Lipinski definition) is 1. The summed E-state index contributed by atoms with van der Waals surface area (Å²) < 4.78 is 0. The van der Waals surface area contributed by atoms with E-state index in [0.717, 1.165) is 37.7 Å². The monoisotopic (exact) mass is 354 g/mol. The molecule has 2 heteroatoms. The fourth-order valence-electron chi connectivity index (χ4n) is 4.52. The molecule has 0 saturated carbocycles. The van der Waals surface area contributed by atoms with Gasteiger partial charge in [-0.15, -0.1) is 11.6 Å². The molecule has 0 saturated heterocycles. The molecule has 1 aliphatic carbocycles. The van der Waals surface area contributed by atoms with Gasteiger partial charge >= 0.3 is 0 Å². The maximum Gasteiger partial charge on any atom is 0.162 e. The number of hydrogen-bond donors (Lipinski definition) is 0. The molecule has 0 bridgehead atoms. The lowest BCUT2D eigenvalue weighted by Crippen LogP contribution is -2.25. The molecule has 0 fully saturated rings. The fraction of sp³-hybridized carbons (Fsp3) is 0.435. The van der Waals surface area contributed by atoms with Gasteiger partial charge in [0.2, 0.25) is 0 Å². The van der Waals surface area contributed by atoms with Gasteiger partial charge in [0.25, 0.3) is 0 Å². The minimum Gasteiger partial charge on any atom is -0.294 e. The molecule has 2 aromatic rings. The van der Waals surface area contributed by atoms with Crippen molar-refractivity contribution in [2.45, 2.75) is 57.8 Å². The summed E-state index contributed by atoms with van der Waals surface area (Å²) in [6.07, 6.45) is 5.81. The minimum atomic E-state index is 0.0538. The van der Waals surface area contributed by atoms with E-state index in [2.05, 4.69) is 50.2 Å². The van der Waals surface area contributed by atoms with Crippen LogP contribution in [0.2, 0.25) is 0 Å². The molecular formula is C23H27ClO. The molecule has 1 aliphatic rings. The molecule has 0 aromatic heterocycles. The van der Waals surface area contributed by atoms with Gasteiger partial charge in [0.1, 0.15) is 0 Å². The number of ketones is 1. The first-order valence-corrected chi connectivity index (χ1v) is 10.0. The Morgan fingerprint density at radius 3 is 2.32 bits per heavy atom. The van der Waals surface area contributed by atoms with Gasteiger partial charge in [-0.1, -0.05) is 63.1 Å². The van der Waals surface area contributed by atoms with Gasteiger partial charge in [-0.3, -0.25) is 4.79 Å². The smallest absolute Gasteiger partial charge is 0.162 e. The maximum atomic E-state index is 12.5. The van der Waals surface area contributed by atoms with E-state index in [9.17, 15) is 4.79 Å². The summed E-state index contributed by atoms with van der Waals surface area (Å²) in [4.78, 5) is 12.5. The van der Waals surface area contributed by atoms with Crippen molar-refractivity contribution in [3.8, 4) is 11.1 Å². The van der Waals surface area contributed by atoms with E-state index in [0.29, 0.717) is 12.3 Å². The van der Waals surface area contributed by atoms with Crippen molar-refractivity contribution in [3.05, 3.63) is 59.2 Å². The van der Waals surface area contributed by atoms with E-state index >= 15 is 0 Å². The van der Waals surface area contributed by atoms with Crippen molar-refractivity contribution >= 4 is 17.4 Å². The molecule has 2 aromatic carbocycles. The molecule has 0 heterocycles. The van der Waals surface area contributed by atoms with Gasteiger partial charge in [0.15, 0.2) is 5.78 Å². The number of alkyl halides is 1. The van der Waals surface area contributed by atoms with Crippen molar-refractivity contribution in [1.82, 2.24) is 0 Å². The van der Waals surface area contributed by atoms with Crippen LogP contribution in [-0.4, -0.2) is 11.7 Å². The Kier molecular flexibility index (Phi) is 5.64. The van der Waals surface area contributed by atoms with Crippen LogP contribution in [0, 0.1) is 0 Å². The summed E-state index contributed by atoms with van der Waals surface area (Å²) in [6.45, 7) is 4.51. The molecule has 0 amide bonds. The van der Waals surface area contributed by atoms with E-state index in [-0.39, 0.29) is 11.2 Å². The second-order valence-corrected chi connectivity index (χ2v) is 7.48. The van der Waals surface area contributed by atoms with Crippen LogP contribution in [0.25, 0.3) is 11.1 Å². The molecule has 3 rings (SSSR count). The number of halogens is 1. The van der Waals surface area contributed by atoms with Gasteiger partial charge < -0.3 is 0 Å². The van der Waals surface area contributed by atoms with E-state index < -0.39 is 0 Å². The molecule has 0 N–H and O–H groups in total. The Labute approximate surface area is 156 Å². The SMILES string of the molecule is CCCC1(CCC)c2ccccc2-c2ccc(C(=O)CCCCl)cc21. The van der Waals surface area contributed by atoms with Crippen LogP contribution in [0.1, 0.15) is 73.9 Å². The van der Waals surface area contributed by atoms with Crippen LogP contribution in [-0.2, 0) is 5.41 Å². The molecule has 1 nitrogen and oxygen atoms in total. The largest absolute Gasteiger partial charge is 0.294 e. The van der Waals surface area contributed by atoms with Crippen molar-refractivity contribution < 1.29 is 4.79 Å². The highest BCUT2D eigenvalue weighted by molar-refractivity contribution is 6.18. The van der Waals surface area contributed by atoms with Crippen molar-refractivity contribution in [2.24, 2.45) is 0 Å². The van der Waals surface area contributed by atoms with E-state index in [1.165, 1.54) is 22.3 Å². The second-order valence-electron chi connectivity index (χ2n) is 7.10. The van der Waals surface area contributed by atoms with Crippen molar-refractivity contribution in [3.63, 3.8) is 0 Å². The Hall–Kier alpha value is -1.60. The Bertz CT molecular complexity index is 756. The zero-order valence-corrected chi connectivity index (χ0v) is 16.0. The first-order chi connectivity index (χ1) is 12.2. The van der Waals surface area contributed by atoms with Gasteiger partial charge in [0.05, 0.1) is 0 Å². The zero-order chi connectivity index (χ0) is 17.9. The predicted molar refractivity (Wildman–Crippen MR) is 107 cm³/mol. The lowest BCUT2D eigenvalue weighted by Gasteiger charge is -2.32. The second kappa shape index (κ2) is 7.74. The Morgan fingerprint density at radius 2 is 1.64 bits per heavy atom. The first kappa shape index (κ1) is 18.2. The molecule has 132 valence electrons. The third-order valence-corrected chi connectivity index (χ3v) is 5.75. The van der Waals surface area contributed by atoms with E-state index in [4.69, 9.17) is 11.6 Å². The van der Waals surface area contributed by atoms with Crippen LogP contribution in [0.3, 0.4) is 0 Å². The third-order valence-electron chi connectivity index (χ3n) is 5.48. The molecule has 0 spiro atoms. The van der Waals surface area contributed by atoms with Crippen LogP contribution >= 0.6 is 11.6 Å². The summed E-state index contributed by atoms with van der Waals surface area (Å²) in [5.74, 6) is 0.749. The highest BCUT2D eigenvalue weighted by atomic mass is 35.5. The fourth-order valence-corrected chi connectivity index (χ4v) is 4.65. The predicted octanol–water partition coefficient (Wildman–Crippen LogP) is 6.76. The summed E-state index contributed by atoms with van der Waals surface area (Å²) in [7, 11) is 0. The number of Topliss-reactive ketones (excluding diaryl/α,β-unsaturated/α-hetero) is 1.